The van der Waals surface area contributed by atoms with E-state index in [4.69, 9.17) is 34.8 Å². The van der Waals surface area contributed by atoms with E-state index < -0.39 is 42.4 Å². The van der Waals surface area contributed by atoms with Crippen LogP contribution in [-0.4, -0.2) is 69.4 Å². The largest absolute Gasteiger partial charge is 0.490 e. The summed E-state index contributed by atoms with van der Waals surface area (Å²) in [6.45, 7) is -0.278. The predicted molar refractivity (Wildman–Crippen MR) is 57.8 cm³/mol. The van der Waals surface area contributed by atoms with Gasteiger partial charge < -0.3 is 26.2 Å². The molecule has 18 heteroatoms. The summed E-state index contributed by atoms with van der Waals surface area (Å²) in [6.07, 6.45) is -15.3. The summed E-state index contributed by atoms with van der Waals surface area (Å²) in [5.41, 5.74) is 4.57. The highest BCUT2D eigenvalue weighted by Crippen LogP contribution is 2.14. The molecule has 0 rings (SSSR count). The first-order chi connectivity index (χ1) is 11.1. The molecule has 6 N–H and O–H groups in total. The Labute approximate surface area is 135 Å². The highest BCUT2D eigenvalue weighted by molar-refractivity contribution is 5.73. The van der Waals surface area contributed by atoms with Crippen molar-refractivity contribution in [1.82, 2.24) is 0 Å². The van der Waals surface area contributed by atoms with E-state index in [1.165, 1.54) is 0 Å². The standard InChI is InChI=1S/3C2HF3O2.C2H5NO2/c3*3-2(4,5)1(6)7;3-1-2(4)5/h3*(H,6,7);1,3H2,(H,4,5). The van der Waals surface area contributed by atoms with Gasteiger partial charge in [0.05, 0.1) is 6.54 Å². The molecular weight excluding hydrogens is 409 g/mol. The summed E-state index contributed by atoms with van der Waals surface area (Å²) in [5.74, 6) is -9.24. The number of carboxylic acids is 4. The number of hydrogen-bond acceptors (Lipinski definition) is 5. The molecule has 0 saturated heterocycles. The lowest BCUT2D eigenvalue weighted by Gasteiger charge is -1.93. The smallest absolute Gasteiger partial charge is 0.480 e. The number of nitrogens with two attached hydrogens (primary N) is 1. The van der Waals surface area contributed by atoms with Crippen LogP contribution in [0.3, 0.4) is 0 Å². The molecule has 0 unspecified atom stereocenters. The number of carboxylic acid groups (broad SMARTS) is 4. The van der Waals surface area contributed by atoms with Crippen molar-refractivity contribution < 1.29 is 79.1 Å². The molecule has 0 aliphatic carbocycles. The second-order valence-electron chi connectivity index (χ2n) is 3.01. The summed E-state index contributed by atoms with van der Waals surface area (Å²) in [5, 5.41) is 29.0. The van der Waals surface area contributed by atoms with Gasteiger partial charge in [-0.2, -0.15) is 39.5 Å². The van der Waals surface area contributed by atoms with E-state index in [0.29, 0.717) is 0 Å². The molecule has 0 saturated carbocycles. The first-order valence-electron chi connectivity index (χ1n) is 4.92. The van der Waals surface area contributed by atoms with Gasteiger partial charge in [0.1, 0.15) is 0 Å². The third-order valence-electron chi connectivity index (χ3n) is 0.902. The fraction of sp³-hybridized carbons (Fsp3) is 0.500. The first-order valence-corrected chi connectivity index (χ1v) is 4.92. The first kappa shape index (κ1) is 31.0. The van der Waals surface area contributed by atoms with Crippen LogP contribution in [-0.2, 0) is 19.2 Å². The Morgan fingerprint density at radius 2 is 0.654 bits per heavy atom. The number of rotatable bonds is 1. The zero-order valence-corrected chi connectivity index (χ0v) is 11.6. The van der Waals surface area contributed by atoms with Crippen molar-refractivity contribution in [3.63, 3.8) is 0 Å². The Balaban J connectivity index is -0.000000125. The molecule has 0 spiro atoms. The highest BCUT2D eigenvalue weighted by atomic mass is 19.4. The molecule has 0 heterocycles. The monoisotopic (exact) mass is 417 g/mol. The van der Waals surface area contributed by atoms with Crippen molar-refractivity contribution in [3.8, 4) is 0 Å². The molecule has 0 aromatic carbocycles. The Kier molecular flexibility index (Phi) is 15.0. The van der Waals surface area contributed by atoms with Crippen LogP contribution in [0.15, 0.2) is 0 Å². The third-order valence-corrected chi connectivity index (χ3v) is 0.902. The molecule has 0 atom stereocenters. The fourth-order valence-electron chi connectivity index (χ4n) is 0. The zero-order chi connectivity index (χ0) is 22.5. The quantitative estimate of drug-likeness (QED) is 0.389. The van der Waals surface area contributed by atoms with Crippen LogP contribution in [0.4, 0.5) is 39.5 Å². The second-order valence-corrected chi connectivity index (χ2v) is 3.01. The maximum atomic E-state index is 10.6. The summed E-state index contributed by atoms with van der Waals surface area (Å²) in [4.78, 5) is 35.9. The Hall–Kier alpha value is -2.79. The summed E-state index contributed by atoms with van der Waals surface area (Å²) in [7, 11) is 0. The molecule has 9 nitrogen and oxygen atoms in total. The van der Waals surface area contributed by atoms with Crippen molar-refractivity contribution in [3.05, 3.63) is 0 Å². The van der Waals surface area contributed by atoms with Crippen molar-refractivity contribution in [2.24, 2.45) is 5.73 Å². The topological polar surface area (TPSA) is 175 Å². The molecule has 0 bridgehead atoms. The predicted octanol–water partition coefficient (Wildman–Crippen LogP) is 0.930. The summed E-state index contributed by atoms with van der Waals surface area (Å²) in [6, 6.07) is 0. The van der Waals surface area contributed by atoms with Gasteiger partial charge in [0.15, 0.2) is 0 Å². The SMILES string of the molecule is NCC(=O)O.O=C(O)C(F)(F)F.O=C(O)C(F)(F)F.O=C(O)C(F)(F)F. The van der Waals surface area contributed by atoms with Crippen LogP contribution in [0.5, 0.6) is 0 Å². The van der Waals surface area contributed by atoms with E-state index >= 15 is 0 Å². The summed E-state index contributed by atoms with van der Waals surface area (Å²) < 4.78 is 95.2. The van der Waals surface area contributed by atoms with E-state index in [-0.39, 0.29) is 6.54 Å². The van der Waals surface area contributed by atoms with Crippen molar-refractivity contribution in [1.29, 1.82) is 0 Å². The molecule has 0 aromatic rings. The van der Waals surface area contributed by atoms with Gasteiger partial charge >= 0.3 is 42.4 Å². The minimum absolute atomic E-state index is 0.278. The van der Waals surface area contributed by atoms with Crippen LogP contribution in [0.25, 0.3) is 0 Å². The number of hydrogen-bond donors (Lipinski definition) is 5. The van der Waals surface area contributed by atoms with Gasteiger partial charge in [0, 0.05) is 0 Å². The average molecular weight is 417 g/mol. The van der Waals surface area contributed by atoms with Crippen LogP contribution in [0, 0.1) is 0 Å². The van der Waals surface area contributed by atoms with Crippen molar-refractivity contribution in [2.45, 2.75) is 18.5 Å². The number of carbonyl (C=O) groups is 4. The number of alkyl halides is 9. The zero-order valence-electron chi connectivity index (χ0n) is 11.6. The third kappa shape index (κ3) is 29.2. The average Bonchev–Trinajstić information content (AvgIpc) is 2.37. The van der Waals surface area contributed by atoms with Crippen molar-refractivity contribution >= 4 is 23.9 Å². The highest BCUT2D eigenvalue weighted by Gasteiger charge is 2.39. The molecule has 0 aromatic heterocycles. The lowest BCUT2D eigenvalue weighted by atomic mass is 10.7. The lowest BCUT2D eigenvalue weighted by Crippen LogP contribution is -2.21. The minimum atomic E-state index is -5.08. The van der Waals surface area contributed by atoms with E-state index in [1.54, 1.807) is 0 Å². The van der Waals surface area contributed by atoms with Gasteiger partial charge in [-0.05, 0) is 0 Å². The molecule has 26 heavy (non-hydrogen) atoms. The lowest BCUT2D eigenvalue weighted by molar-refractivity contribution is -0.193. The molecule has 0 fully saturated rings. The van der Waals surface area contributed by atoms with Crippen LogP contribution in [0.2, 0.25) is 0 Å². The molecule has 0 amide bonds. The van der Waals surface area contributed by atoms with E-state index in [1.807, 2.05) is 0 Å². The fourth-order valence-corrected chi connectivity index (χ4v) is 0. The van der Waals surface area contributed by atoms with Gasteiger partial charge in [-0.1, -0.05) is 0 Å². The van der Waals surface area contributed by atoms with Gasteiger partial charge in [0.2, 0.25) is 0 Å². The maximum absolute atomic E-state index is 10.6. The van der Waals surface area contributed by atoms with Crippen LogP contribution in [0.1, 0.15) is 0 Å². The second kappa shape index (κ2) is 12.6. The number of halogens is 9. The van der Waals surface area contributed by atoms with Gasteiger partial charge in [-0.3, -0.25) is 4.79 Å². The Bertz CT molecular complexity index is 411. The van der Waals surface area contributed by atoms with E-state index in [9.17, 15) is 44.3 Å². The van der Waals surface area contributed by atoms with Crippen LogP contribution >= 0.6 is 0 Å². The Morgan fingerprint density at radius 1 is 0.577 bits per heavy atom. The summed E-state index contributed by atoms with van der Waals surface area (Å²) >= 11 is 0. The molecule has 0 radical (unpaired) electrons. The van der Waals surface area contributed by atoms with E-state index in [0.717, 1.165) is 0 Å². The van der Waals surface area contributed by atoms with Crippen molar-refractivity contribution in [2.75, 3.05) is 6.54 Å². The molecular formula is C8H8F9NO8. The van der Waals surface area contributed by atoms with Gasteiger partial charge in [-0.25, -0.2) is 14.4 Å². The normalized spacial score (nSPS) is 10.5. The van der Waals surface area contributed by atoms with Gasteiger partial charge in [0.25, 0.3) is 0 Å². The maximum Gasteiger partial charge on any atom is 0.490 e. The number of aliphatic carboxylic acids is 4. The Morgan fingerprint density at radius 3 is 0.654 bits per heavy atom. The van der Waals surface area contributed by atoms with Gasteiger partial charge in [-0.15, -0.1) is 0 Å². The van der Waals surface area contributed by atoms with E-state index in [2.05, 4.69) is 5.73 Å². The molecule has 156 valence electrons. The van der Waals surface area contributed by atoms with Crippen LogP contribution < -0.4 is 5.73 Å². The minimum Gasteiger partial charge on any atom is -0.480 e. The molecule has 0 aliphatic heterocycles. The molecule has 0 aliphatic rings.